The van der Waals surface area contributed by atoms with Crippen molar-refractivity contribution in [3.05, 3.63) is 60.2 Å². The molecule has 0 radical (unpaired) electrons. The third kappa shape index (κ3) is 4.21. The summed E-state index contributed by atoms with van der Waals surface area (Å²) in [5.41, 5.74) is 0.876. The summed E-state index contributed by atoms with van der Waals surface area (Å²) in [7, 11) is 1.60. The molecule has 0 N–H and O–H groups in total. The van der Waals surface area contributed by atoms with E-state index in [0.29, 0.717) is 5.75 Å². The van der Waals surface area contributed by atoms with E-state index >= 15 is 0 Å². The zero-order chi connectivity index (χ0) is 21.0. The summed E-state index contributed by atoms with van der Waals surface area (Å²) in [6.07, 6.45) is -0.707. The molecule has 1 fully saturated rings. The Morgan fingerprint density at radius 3 is 2.24 bits per heavy atom. The highest BCUT2D eigenvalue weighted by molar-refractivity contribution is 5.93. The summed E-state index contributed by atoms with van der Waals surface area (Å²) in [5, 5.41) is 0. The van der Waals surface area contributed by atoms with Crippen LogP contribution in [0, 0.1) is 5.92 Å². The molecule has 2 aromatic rings. The second kappa shape index (κ2) is 8.99. The van der Waals surface area contributed by atoms with Crippen molar-refractivity contribution in [2.45, 2.75) is 39.0 Å². The van der Waals surface area contributed by atoms with Gasteiger partial charge in [0.15, 0.2) is 0 Å². The van der Waals surface area contributed by atoms with E-state index in [-0.39, 0.29) is 18.4 Å². The Bertz CT molecular complexity index is 834. The molecule has 1 aliphatic heterocycles. The van der Waals surface area contributed by atoms with E-state index in [9.17, 15) is 9.59 Å². The summed E-state index contributed by atoms with van der Waals surface area (Å²) in [5.74, 6) is 0.615. The van der Waals surface area contributed by atoms with E-state index in [1.165, 1.54) is 0 Å². The summed E-state index contributed by atoms with van der Waals surface area (Å²) in [6.45, 7) is 5.84. The quantitative estimate of drug-likeness (QED) is 0.503. The van der Waals surface area contributed by atoms with E-state index in [1.54, 1.807) is 18.9 Å². The number of hydrogen-bond acceptors (Lipinski definition) is 5. The Kier molecular flexibility index (Phi) is 6.42. The summed E-state index contributed by atoms with van der Waals surface area (Å²) in [4.78, 5) is 27.3. The Morgan fingerprint density at radius 2 is 1.69 bits per heavy atom. The van der Waals surface area contributed by atoms with E-state index in [2.05, 4.69) is 0 Å². The number of rotatable bonds is 8. The van der Waals surface area contributed by atoms with Gasteiger partial charge in [-0.3, -0.25) is 4.79 Å². The van der Waals surface area contributed by atoms with Crippen LogP contribution in [-0.2, 0) is 14.3 Å². The van der Waals surface area contributed by atoms with Crippen LogP contribution in [0.25, 0.3) is 0 Å². The monoisotopic (exact) mass is 397 g/mol. The van der Waals surface area contributed by atoms with Crippen LogP contribution in [0.2, 0.25) is 0 Å². The van der Waals surface area contributed by atoms with E-state index in [4.69, 9.17) is 14.2 Å². The molecule has 0 spiro atoms. The smallest absolute Gasteiger partial charge is 0.329 e. The summed E-state index contributed by atoms with van der Waals surface area (Å²) < 4.78 is 16.5. The standard InChI is InChI=1S/C23H27NO5/c1-5-28-23(26)19(15(2)3)24-20(16-11-13-17(27-4)14-12-16)21(22(24)25)29-18-9-7-6-8-10-18/h6-15,19-21H,5H2,1-4H3/t19-,20-,21+/m1/s1. The summed E-state index contributed by atoms with van der Waals surface area (Å²) in [6, 6.07) is 15.6. The number of carbonyl (C=O) groups is 2. The van der Waals surface area contributed by atoms with Gasteiger partial charge in [0.1, 0.15) is 23.6 Å². The van der Waals surface area contributed by atoms with Crippen LogP contribution in [0.15, 0.2) is 54.6 Å². The first kappa shape index (κ1) is 20.7. The first-order chi connectivity index (χ1) is 14.0. The number of likely N-dealkylation sites (tertiary alicyclic amines) is 1. The normalized spacial score (nSPS) is 19.5. The van der Waals surface area contributed by atoms with Crippen molar-refractivity contribution in [2.75, 3.05) is 13.7 Å². The first-order valence-electron chi connectivity index (χ1n) is 9.82. The van der Waals surface area contributed by atoms with Crippen molar-refractivity contribution in [3.8, 4) is 11.5 Å². The van der Waals surface area contributed by atoms with Gasteiger partial charge >= 0.3 is 5.97 Å². The Balaban J connectivity index is 1.95. The van der Waals surface area contributed by atoms with Crippen molar-refractivity contribution < 1.29 is 23.8 Å². The molecular weight excluding hydrogens is 370 g/mol. The maximum Gasteiger partial charge on any atom is 0.329 e. The van der Waals surface area contributed by atoms with E-state index < -0.39 is 24.2 Å². The van der Waals surface area contributed by atoms with Gasteiger partial charge in [-0.05, 0) is 42.7 Å². The lowest BCUT2D eigenvalue weighted by atomic mass is 9.85. The Labute approximate surface area is 171 Å². The third-order valence-electron chi connectivity index (χ3n) is 5.01. The maximum atomic E-state index is 13.1. The molecule has 0 bridgehead atoms. The number of β-lactam (4-membered cyclic amide) rings is 1. The van der Waals surface area contributed by atoms with Gasteiger partial charge < -0.3 is 19.1 Å². The fourth-order valence-electron chi connectivity index (χ4n) is 3.62. The minimum Gasteiger partial charge on any atom is -0.497 e. The van der Waals surface area contributed by atoms with Gasteiger partial charge in [0.2, 0.25) is 6.10 Å². The van der Waals surface area contributed by atoms with Gasteiger partial charge in [0.05, 0.1) is 13.7 Å². The highest BCUT2D eigenvalue weighted by atomic mass is 16.5. The van der Waals surface area contributed by atoms with Gasteiger partial charge in [0, 0.05) is 0 Å². The summed E-state index contributed by atoms with van der Waals surface area (Å²) >= 11 is 0. The zero-order valence-corrected chi connectivity index (χ0v) is 17.2. The van der Waals surface area contributed by atoms with Crippen LogP contribution >= 0.6 is 0 Å². The Morgan fingerprint density at radius 1 is 1.03 bits per heavy atom. The highest BCUT2D eigenvalue weighted by Crippen LogP contribution is 2.41. The van der Waals surface area contributed by atoms with Gasteiger partial charge in [0.25, 0.3) is 5.91 Å². The molecule has 154 valence electrons. The zero-order valence-electron chi connectivity index (χ0n) is 17.2. The Hall–Kier alpha value is -3.02. The molecule has 0 unspecified atom stereocenters. The lowest BCUT2D eigenvalue weighted by molar-refractivity contribution is -0.181. The van der Waals surface area contributed by atoms with Crippen molar-refractivity contribution in [1.82, 2.24) is 4.90 Å². The molecule has 3 rings (SSSR count). The first-order valence-corrected chi connectivity index (χ1v) is 9.82. The largest absolute Gasteiger partial charge is 0.497 e. The van der Waals surface area contributed by atoms with E-state index in [1.807, 2.05) is 68.4 Å². The number of hydrogen-bond donors (Lipinski definition) is 0. The van der Waals surface area contributed by atoms with Crippen LogP contribution in [0.5, 0.6) is 11.5 Å². The van der Waals surface area contributed by atoms with Crippen LogP contribution in [0.1, 0.15) is 32.4 Å². The van der Waals surface area contributed by atoms with Crippen LogP contribution in [-0.4, -0.2) is 42.6 Å². The average Bonchev–Trinajstić information content (AvgIpc) is 2.73. The van der Waals surface area contributed by atoms with Crippen molar-refractivity contribution in [3.63, 3.8) is 0 Å². The van der Waals surface area contributed by atoms with Crippen molar-refractivity contribution in [2.24, 2.45) is 5.92 Å². The van der Waals surface area contributed by atoms with Crippen LogP contribution < -0.4 is 9.47 Å². The number of benzene rings is 2. The second-order valence-corrected chi connectivity index (χ2v) is 7.26. The third-order valence-corrected chi connectivity index (χ3v) is 5.01. The molecule has 1 heterocycles. The van der Waals surface area contributed by atoms with Crippen LogP contribution in [0.3, 0.4) is 0 Å². The molecule has 0 aliphatic carbocycles. The number of carbonyl (C=O) groups excluding carboxylic acids is 2. The number of esters is 1. The lowest BCUT2D eigenvalue weighted by Gasteiger charge is -2.50. The highest BCUT2D eigenvalue weighted by Gasteiger charge is 2.55. The van der Waals surface area contributed by atoms with Crippen molar-refractivity contribution >= 4 is 11.9 Å². The molecule has 2 aromatic carbocycles. The molecule has 3 atom stereocenters. The average molecular weight is 397 g/mol. The number of ether oxygens (including phenoxy) is 3. The number of amides is 1. The number of para-hydroxylation sites is 1. The molecule has 6 nitrogen and oxygen atoms in total. The van der Waals surface area contributed by atoms with Gasteiger partial charge in [-0.15, -0.1) is 0 Å². The fraction of sp³-hybridized carbons (Fsp3) is 0.391. The minimum atomic E-state index is -0.707. The van der Waals surface area contributed by atoms with Gasteiger partial charge in [-0.2, -0.15) is 0 Å². The maximum absolute atomic E-state index is 13.1. The van der Waals surface area contributed by atoms with Crippen LogP contribution in [0.4, 0.5) is 0 Å². The SMILES string of the molecule is CCOC(=O)[C@@H](C(C)C)N1C(=O)[C@@H](Oc2ccccc2)[C@H]1c1ccc(OC)cc1. The lowest BCUT2D eigenvalue weighted by Crippen LogP contribution is -2.67. The molecule has 0 saturated carbocycles. The second-order valence-electron chi connectivity index (χ2n) is 7.26. The molecule has 1 amide bonds. The number of methoxy groups -OCH3 is 1. The molecule has 1 saturated heterocycles. The molecule has 6 heteroatoms. The molecule has 0 aromatic heterocycles. The fourth-order valence-corrected chi connectivity index (χ4v) is 3.62. The van der Waals surface area contributed by atoms with Crippen molar-refractivity contribution in [1.29, 1.82) is 0 Å². The molecule has 29 heavy (non-hydrogen) atoms. The van der Waals surface area contributed by atoms with E-state index in [0.717, 1.165) is 11.3 Å². The van der Waals surface area contributed by atoms with Gasteiger partial charge in [-0.1, -0.05) is 44.2 Å². The predicted octanol–water partition coefficient (Wildman–Crippen LogP) is 3.61. The molecule has 1 aliphatic rings. The number of nitrogens with zero attached hydrogens (tertiary/aromatic N) is 1. The minimum absolute atomic E-state index is 0.101. The topological polar surface area (TPSA) is 65.1 Å². The predicted molar refractivity (Wildman–Crippen MR) is 109 cm³/mol. The van der Waals surface area contributed by atoms with Gasteiger partial charge in [-0.25, -0.2) is 4.79 Å². The molecular formula is C23H27NO5.